The number of benzene rings is 1. The van der Waals surface area contributed by atoms with Gasteiger partial charge in [0.25, 0.3) is 0 Å². The Morgan fingerprint density at radius 1 is 1.40 bits per heavy atom. The lowest BCUT2D eigenvalue weighted by Crippen LogP contribution is -2.26. The van der Waals surface area contributed by atoms with Crippen LogP contribution in [0.3, 0.4) is 0 Å². The molecule has 1 aromatic rings. The molecule has 1 saturated heterocycles. The number of hydrogen-bond donors (Lipinski definition) is 1. The zero-order chi connectivity index (χ0) is 14.5. The summed E-state index contributed by atoms with van der Waals surface area (Å²) < 4.78 is 13.7. The van der Waals surface area contributed by atoms with Crippen LogP contribution in [0.4, 0.5) is 10.1 Å². The third-order valence-electron chi connectivity index (χ3n) is 4.09. The van der Waals surface area contributed by atoms with Gasteiger partial charge in [0.1, 0.15) is 11.4 Å². The van der Waals surface area contributed by atoms with Crippen molar-refractivity contribution >= 4 is 11.7 Å². The van der Waals surface area contributed by atoms with Crippen molar-refractivity contribution < 1.29 is 14.3 Å². The van der Waals surface area contributed by atoms with Gasteiger partial charge in [0.2, 0.25) is 0 Å². The lowest BCUT2D eigenvalue weighted by Gasteiger charge is -2.24. The van der Waals surface area contributed by atoms with E-state index in [4.69, 9.17) is 0 Å². The second-order valence-electron chi connectivity index (χ2n) is 5.51. The van der Waals surface area contributed by atoms with E-state index in [1.165, 1.54) is 25.3 Å². The largest absolute Gasteiger partial charge is 0.478 e. The van der Waals surface area contributed by atoms with Crippen molar-refractivity contribution in [3.63, 3.8) is 0 Å². The molecule has 0 radical (unpaired) electrons. The summed E-state index contributed by atoms with van der Waals surface area (Å²) in [4.78, 5) is 13.3. The molecule has 1 atom stereocenters. The average molecular weight is 279 g/mol. The fourth-order valence-electron chi connectivity index (χ4n) is 3.09. The van der Waals surface area contributed by atoms with E-state index in [9.17, 15) is 14.3 Å². The molecular weight excluding hydrogens is 257 g/mol. The number of carboxylic acid groups (broad SMARTS) is 1. The molecule has 1 heterocycles. The first-order valence-corrected chi connectivity index (χ1v) is 7.40. The molecule has 1 N–H and O–H groups in total. The molecule has 0 amide bonds. The van der Waals surface area contributed by atoms with Crippen molar-refractivity contribution in [3.8, 4) is 0 Å². The van der Waals surface area contributed by atoms with E-state index >= 15 is 0 Å². The van der Waals surface area contributed by atoms with Crippen LogP contribution in [0.5, 0.6) is 0 Å². The number of rotatable bonds is 4. The molecule has 3 nitrogen and oxygen atoms in total. The number of carbonyl (C=O) groups is 1. The summed E-state index contributed by atoms with van der Waals surface area (Å²) in [5.74, 6) is -1.12. The van der Waals surface area contributed by atoms with E-state index in [-0.39, 0.29) is 5.56 Å². The maximum Gasteiger partial charge on any atom is 0.340 e. The Morgan fingerprint density at radius 3 is 2.90 bits per heavy atom. The van der Waals surface area contributed by atoms with Crippen LogP contribution in [0.15, 0.2) is 18.2 Å². The predicted octanol–water partition coefficient (Wildman–Crippen LogP) is 3.93. The number of hydrogen-bond acceptors (Lipinski definition) is 2. The molecular formula is C16H22FNO2. The fraction of sp³-hybridized carbons (Fsp3) is 0.562. The highest BCUT2D eigenvalue weighted by Crippen LogP contribution is 2.28. The first-order chi connectivity index (χ1) is 9.63. The Bertz CT molecular complexity index is 476. The molecule has 1 aromatic carbocycles. The van der Waals surface area contributed by atoms with Crippen LogP contribution in [-0.2, 0) is 0 Å². The Morgan fingerprint density at radius 2 is 2.20 bits per heavy atom. The SMILES string of the molecule is CCCC1CCCN(c2cccc(F)c2C(=O)O)CC1. The molecule has 1 unspecified atom stereocenters. The molecule has 4 heteroatoms. The van der Waals surface area contributed by atoms with Crippen LogP contribution in [0, 0.1) is 11.7 Å². The fourth-order valence-corrected chi connectivity index (χ4v) is 3.09. The van der Waals surface area contributed by atoms with Gasteiger partial charge in [0.05, 0.1) is 5.69 Å². The molecule has 1 aliphatic rings. The van der Waals surface area contributed by atoms with E-state index in [0.29, 0.717) is 11.6 Å². The minimum Gasteiger partial charge on any atom is -0.478 e. The van der Waals surface area contributed by atoms with E-state index in [1.807, 2.05) is 4.90 Å². The van der Waals surface area contributed by atoms with Gasteiger partial charge in [-0.2, -0.15) is 0 Å². The minimum atomic E-state index is -1.19. The Balaban J connectivity index is 2.20. The molecule has 20 heavy (non-hydrogen) atoms. The van der Waals surface area contributed by atoms with Crippen LogP contribution in [0.1, 0.15) is 49.4 Å². The first kappa shape index (κ1) is 14.8. The highest BCUT2D eigenvalue weighted by Gasteiger charge is 2.22. The Labute approximate surface area is 119 Å². The van der Waals surface area contributed by atoms with Gasteiger partial charge in [-0.1, -0.05) is 25.8 Å². The van der Waals surface area contributed by atoms with Gasteiger partial charge in [0.15, 0.2) is 0 Å². The summed E-state index contributed by atoms with van der Waals surface area (Å²) in [6.45, 7) is 3.82. The van der Waals surface area contributed by atoms with Gasteiger partial charge in [-0.25, -0.2) is 9.18 Å². The van der Waals surface area contributed by atoms with E-state index < -0.39 is 11.8 Å². The summed E-state index contributed by atoms with van der Waals surface area (Å²) in [7, 11) is 0. The topological polar surface area (TPSA) is 40.5 Å². The van der Waals surface area contributed by atoms with Gasteiger partial charge in [-0.15, -0.1) is 0 Å². The quantitative estimate of drug-likeness (QED) is 0.907. The lowest BCUT2D eigenvalue weighted by molar-refractivity contribution is 0.0692. The highest BCUT2D eigenvalue weighted by atomic mass is 19.1. The van der Waals surface area contributed by atoms with Gasteiger partial charge < -0.3 is 10.0 Å². The monoisotopic (exact) mass is 279 g/mol. The summed E-state index contributed by atoms with van der Waals surface area (Å²) in [5.41, 5.74) is 0.330. The van der Waals surface area contributed by atoms with Crippen LogP contribution >= 0.6 is 0 Å². The number of halogens is 1. The second-order valence-corrected chi connectivity index (χ2v) is 5.51. The Hall–Kier alpha value is -1.58. The molecule has 0 bridgehead atoms. The predicted molar refractivity (Wildman–Crippen MR) is 77.8 cm³/mol. The van der Waals surface area contributed by atoms with Gasteiger partial charge in [0, 0.05) is 13.1 Å². The molecule has 0 saturated carbocycles. The molecule has 0 aliphatic carbocycles. The van der Waals surface area contributed by atoms with Crippen molar-refractivity contribution in [2.75, 3.05) is 18.0 Å². The van der Waals surface area contributed by atoms with Crippen molar-refractivity contribution in [2.24, 2.45) is 5.92 Å². The molecule has 0 spiro atoms. The summed E-state index contributed by atoms with van der Waals surface area (Å²) >= 11 is 0. The second kappa shape index (κ2) is 6.73. The molecule has 0 aromatic heterocycles. The van der Waals surface area contributed by atoms with Gasteiger partial charge in [-0.3, -0.25) is 0 Å². The maximum absolute atomic E-state index is 13.7. The van der Waals surface area contributed by atoms with Crippen LogP contribution in [0.25, 0.3) is 0 Å². The molecule has 1 fully saturated rings. The smallest absolute Gasteiger partial charge is 0.340 e. The third-order valence-corrected chi connectivity index (χ3v) is 4.09. The van der Waals surface area contributed by atoms with Gasteiger partial charge in [-0.05, 0) is 37.3 Å². The van der Waals surface area contributed by atoms with Crippen molar-refractivity contribution in [3.05, 3.63) is 29.6 Å². The summed E-state index contributed by atoms with van der Waals surface area (Å²) in [6, 6.07) is 4.52. The average Bonchev–Trinajstić information content (AvgIpc) is 2.64. The number of carboxylic acids is 1. The molecule has 110 valence electrons. The number of nitrogens with zero attached hydrogens (tertiary/aromatic N) is 1. The van der Waals surface area contributed by atoms with E-state index in [0.717, 1.165) is 25.9 Å². The normalized spacial score (nSPS) is 19.7. The zero-order valence-corrected chi connectivity index (χ0v) is 11.9. The lowest BCUT2D eigenvalue weighted by atomic mass is 9.96. The first-order valence-electron chi connectivity index (χ1n) is 7.40. The van der Waals surface area contributed by atoms with Crippen molar-refractivity contribution in [1.29, 1.82) is 0 Å². The minimum absolute atomic E-state index is 0.193. The summed E-state index contributed by atoms with van der Waals surface area (Å²) in [6.07, 6.45) is 5.69. The van der Waals surface area contributed by atoms with Gasteiger partial charge >= 0.3 is 5.97 Å². The maximum atomic E-state index is 13.7. The van der Waals surface area contributed by atoms with Crippen LogP contribution < -0.4 is 4.90 Å². The third kappa shape index (κ3) is 3.30. The number of aromatic carboxylic acids is 1. The van der Waals surface area contributed by atoms with E-state index in [1.54, 1.807) is 12.1 Å². The van der Waals surface area contributed by atoms with Crippen LogP contribution in [0.2, 0.25) is 0 Å². The Kier molecular flexibility index (Phi) is 4.99. The standard InChI is InChI=1S/C16H22FNO2/c1-2-5-12-6-4-10-18(11-9-12)14-8-3-7-13(17)15(14)16(19)20/h3,7-8,12H,2,4-6,9-11H2,1H3,(H,19,20). The highest BCUT2D eigenvalue weighted by molar-refractivity contribution is 5.94. The summed E-state index contributed by atoms with van der Waals surface area (Å²) in [5, 5.41) is 9.22. The number of anilines is 1. The molecule has 1 aliphatic heterocycles. The van der Waals surface area contributed by atoms with Crippen molar-refractivity contribution in [1.82, 2.24) is 0 Å². The van der Waals surface area contributed by atoms with Crippen molar-refractivity contribution in [2.45, 2.75) is 39.0 Å². The molecule has 2 rings (SSSR count). The zero-order valence-electron chi connectivity index (χ0n) is 11.9. The van der Waals surface area contributed by atoms with Crippen LogP contribution in [-0.4, -0.2) is 24.2 Å². The van der Waals surface area contributed by atoms with E-state index in [2.05, 4.69) is 6.92 Å².